The number of benzene rings is 2. The molecule has 4 nitrogen and oxygen atoms in total. The van der Waals surface area contributed by atoms with Gasteiger partial charge in [-0.25, -0.2) is 4.98 Å². The molecule has 104 valence electrons. The zero-order valence-corrected chi connectivity index (χ0v) is 11.3. The van der Waals surface area contributed by atoms with Gasteiger partial charge in [0.15, 0.2) is 0 Å². The highest BCUT2D eigenvalue weighted by atomic mass is 16.5. The van der Waals surface area contributed by atoms with Gasteiger partial charge in [-0.15, -0.1) is 0 Å². The van der Waals surface area contributed by atoms with Gasteiger partial charge in [-0.2, -0.15) is 0 Å². The molecular formula is C17H14N2O2. The lowest BCUT2D eigenvalue weighted by Gasteiger charge is -2.09. The first-order valence-corrected chi connectivity index (χ1v) is 6.61. The Morgan fingerprint density at radius 2 is 1.86 bits per heavy atom. The molecule has 1 aromatic heterocycles. The minimum absolute atomic E-state index is 0.486. The smallest absolute Gasteiger partial charge is 0.146 e. The number of fused-ring (bicyclic) bond motifs is 1. The van der Waals surface area contributed by atoms with E-state index >= 15 is 0 Å². The summed E-state index contributed by atoms with van der Waals surface area (Å²) in [5.74, 6) is 0.713. The van der Waals surface area contributed by atoms with E-state index in [0.29, 0.717) is 18.1 Å². The number of pyridine rings is 1. The van der Waals surface area contributed by atoms with Crippen molar-refractivity contribution in [2.45, 2.75) is 6.61 Å². The first-order chi connectivity index (χ1) is 10.4. The van der Waals surface area contributed by atoms with Crippen molar-refractivity contribution in [3.8, 4) is 5.75 Å². The fourth-order valence-corrected chi connectivity index (χ4v) is 2.12. The Morgan fingerprint density at radius 3 is 2.67 bits per heavy atom. The van der Waals surface area contributed by atoms with Crippen molar-refractivity contribution in [1.82, 2.24) is 4.98 Å². The molecule has 1 N–H and O–H groups in total. The highest BCUT2D eigenvalue weighted by molar-refractivity contribution is 5.88. The second kappa shape index (κ2) is 6.05. The highest BCUT2D eigenvalue weighted by Gasteiger charge is 2.05. The monoisotopic (exact) mass is 278 g/mol. The molecule has 1 heterocycles. The zero-order chi connectivity index (χ0) is 14.5. The molecule has 0 aliphatic carbocycles. The van der Waals surface area contributed by atoms with Gasteiger partial charge in [-0.05, 0) is 17.7 Å². The fraction of sp³-hybridized carbons (Fsp3) is 0.0588. The van der Waals surface area contributed by atoms with Crippen LogP contribution in [0.25, 0.3) is 10.9 Å². The first kappa shape index (κ1) is 13.1. The second-order valence-corrected chi connectivity index (χ2v) is 4.58. The number of para-hydroxylation sites is 1. The van der Waals surface area contributed by atoms with Crippen molar-refractivity contribution in [3.05, 3.63) is 71.9 Å². The Balaban J connectivity index is 1.92. The molecule has 0 radical (unpaired) electrons. The largest absolute Gasteiger partial charge is 0.487 e. The van der Waals surface area contributed by atoms with Gasteiger partial charge in [0.25, 0.3) is 0 Å². The Bertz CT molecular complexity index is 770. The fourth-order valence-electron chi connectivity index (χ4n) is 2.12. The van der Waals surface area contributed by atoms with E-state index in [1.54, 1.807) is 6.07 Å². The molecule has 0 amide bonds. The van der Waals surface area contributed by atoms with Crippen molar-refractivity contribution in [2.75, 3.05) is 0 Å². The minimum atomic E-state index is 0.486. The maximum absolute atomic E-state index is 8.61. The molecule has 21 heavy (non-hydrogen) atoms. The van der Waals surface area contributed by atoms with E-state index in [9.17, 15) is 0 Å². The summed E-state index contributed by atoms with van der Waals surface area (Å²) in [4.78, 5) is 4.44. The Labute approximate surface area is 122 Å². The molecular weight excluding hydrogens is 264 g/mol. The van der Waals surface area contributed by atoms with Gasteiger partial charge < -0.3 is 9.94 Å². The Hall–Kier alpha value is -2.88. The van der Waals surface area contributed by atoms with Crippen LogP contribution in [0.1, 0.15) is 11.3 Å². The topological polar surface area (TPSA) is 54.7 Å². The van der Waals surface area contributed by atoms with Gasteiger partial charge in [0.1, 0.15) is 17.9 Å². The van der Waals surface area contributed by atoms with Gasteiger partial charge in [-0.1, -0.05) is 53.7 Å². The lowest BCUT2D eigenvalue weighted by molar-refractivity contribution is 0.309. The molecule has 0 spiro atoms. The molecule has 0 aliphatic rings. The molecule has 0 atom stereocenters. The summed E-state index contributed by atoms with van der Waals surface area (Å²) in [6, 6.07) is 19.5. The third kappa shape index (κ3) is 3.00. The van der Waals surface area contributed by atoms with Crippen molar-refractivity contribution in [1.29, 1.82) is 0 Å². The van der Waals surface area contributed by atoms with Crippen molar-refractivity contribution in [3.63, 3.8) is 0 Å². The van der Waals surface area contributed by atoms with E-state index in [-0.39, 0.29) is 0 Å². The molecule has 2 aromatic carbocycles. The van der Waals surface area contributed by atoms with Gasteiger partial charge >= 0.3 is 0 Å². The van der Waals surface area contributed by atoms with Crippen LogP contribution >= 0.6 is 0 Å². The van der Waals surface area contributed by atoms with Crippen LogP contribution in [-0.4, -0.2) is 16.4 Å². The van der Waals surface area contributed by atoms with Crippen LogP contribution in [0.3, 0.4) is 0 Å². The maximum Gasteiger partial charge on any atom is 0.146 e. The van der Waals surface area contributed by atoms with Crippen LogP contribution in [0.5, 0.6) is 5.75 Å². The third-order valence-corrected chi connectivity index (χ3v) is 3.13. The number of ether oxygens (including phenoxy) is 1. The number of nitrogens with zero attached hydrogens (tertiary/aromatic N) is 2. The first-order valence-electron chi connectivity index (χ1n) is 6.61. The number of oxime groups is 1. The van der Waals surface area contributed by atoms with Crippen LogP contribution in [-0.2, 0) is 6.61 Å². The van der Waals surface area contributed by atoms with E-state index in [1.807, 2.05) is 54.6 Å². The highest BCUT2D eigenvalue weighted by Crippen LogP contribution is 2.24. The van der Waals surface area contributed by atoms with Gasteiger partial charge in [0.2, 0.25) is 0 Å². The SMILES string of the molecule is ON=Cc1ccc2cccc(OCc3ccccc3)c2n1. The molecule has 0 fully saturated rings. The van der Waals surface area contributed by atoms with Crippen molar-refractivity contribution in [2.24, 2.45) is 5.16 Å². The quantitative estimate of drug-likeness (QED) is 0.450. The number of hydrogen-bond acceptors (Lipinski definition) is 4. The zero-order valence-electron chi connectivity index (χ0n) is 11.3. The summed E-state index contributed by atoms with van der Waals surface area (Å²) >= 11 is 0. The lowest BCUT2D eigenvalue weighted by atomic mass is 10.2. The van der Waals surface area contributed by atoms with E-state index in [1.165, 1.54) is 6.21 Å². The average Bonchev–Trinajstić information content (AvgIpc) is 2.54. The predicted molar refractivity (Wildman–Crippen MR) is 81.9 cm³/mol. The lowest BCUT2D eigenvalue weighted by Crippen LogP contribution is -1.97. The number of hydrogen-bond donors (Lipinski definition) is 1. The molecule has 0 bridgehead atoms. The van der Waals surface area contributed by atoms with Crippen LogP contribution in [0, 0.1) is 0 Å². The normalized spacial score (nSPS) is 11.0. The molecule has 0 saturated heterocycles. The molecule has 4 heteroatoms. The van der Waals surface area contributed by atoms with Crippen molar-refractivity contribution >= 4 is 17.1 Å². The van der Waals surface area contributed by atoms with E-state index < -0.39 is 0 Å². The Morgan fingerprint density at radius 1 is 1.00 bits per heavy atom. The summed E-state index contributed by atoms with van der Waals surface area (Å²) in [6.45, 7) is 0.486. The van der Waals surface area contributed by atoms with E-state index in [0.717, 1.165) is 16.5 Å². The van der Waals surface area contributed by atoms with Crippen LogP contribution < -0.4 is 4.74 Å². The molecule has 3 rings (SSSR count). The Kier molecular flexibility index (Phi) is 3.78. The standard InChI is InChI=1S/C17H14N2O2/c20-18-11-15-10-9-14-7-4-8-16(17(14)19-15)21-12-13-5-2-1-3-6-13/h1-11,20H,12H2. The number of aromatic nitrogens is 1. The molecule has 0 aliphatic heterocycles. The minimum Gasteiger partial charge on any atom is -0.487 e. The van der Waals surface area contributed by atoms with Crippen LogP contribution in [0.2, 0.25) is 0 Å². The summed E-state index contributed by atoms with van der Waals surface area (Å²) in [6.07, 6.45) is 1.30. The van der Waals surface area contributed by atoms with Crippen LogP contribution in [0.15, 0.2) is 65.8 Å². The van der Waals surface area contributed by atoms with E-state index in [4.69, 9.17) is 9.94 Å². The van der Waals surface area contributed by atoms with Crippen LogP contribution in [0.4, 0.5) is 0 Å². The second-order valence-electron chi connectivity index (χ2n) is 4.58. The van der Waals surface area contributed by atoms with E-state index in [2.05, 4.69) is 10.1 Å². The third-order valence-electron chi connectivity index (χ3n) is 3.13. The van der Waals surface area contributed by atoms with Gasteiger partial charge in [-0.3, -0.25) is 0 Å². The summed E-state index contributed by atoms with van der Waals surface area (Å²) in [5.41, 5.74) is 2.44. The molecule has 0 saturated carbocycles. The van der Waals surface area contributed by atoms with Gasteiger partial charge in [0, 0.05) is 5.39 Å². The van der Waals surface area contributed by atoms with Crippen molar-refractivity contribution < 1.29 is 9.94 Å². The van der Waals surface area contributed by atoms with Gasteiger partial charge in [0.05, 0.1) is 11.9 Å². The maximum atomic E-state index is 8.61. The summed E-state index contributed by atoms with van der Waals surface area (Å²) in [5, 5.41) is 12.6. The number of rotatable bonds is 4. The summed E-state index contributed by atoms with van der Waals surface area (Å²) in [7, 11) is 0. The summed E-state index contributed by atoms with van der Waals surface area (Å²) < 4.78 is 5.87. The average molecular weight is 278 g/mol. The predicted octanol–water partition coefficient (Wildman–Crippen LogP) is 3.62. The molecule has 3 aromatic rings. The molecule has 0 unspecified atom stereocenters.